The number of nitrogens with zero attached hydrogens (tertiary/aromatic N) is 1. The lowest BCUT2D eigenvalue weighted by Gasteiger charge is -2.40. The minimum Gasteiger partial charge on any atom is -0.444 e. The van der Waals surface area contributed by atoms with Crippen LogP contribution in [-0.2, 0) is 14.3 Å². The van der Waals surface area contributed by atoms with Gasteiger partial charge in [0.25, 0.3) is 0 Å². The van der Waals surface area contributed by atoms with Gasteiger partial charge < -0.3 is 19.7 Å². The van der Waals surface area contributed by atoms with Gasteiger partial charge in [-0.2, -0.15) is 0 Å². The Hall–Kier alpha value is -2.05. The second-order valence-corrected chi connectivity index (χ2v) is 7.92. The Morgan fingerprint density at radius 3 is 2.81 bits per heavy atom. The smallest absolute Gasteiger partial charge is 0.410 e. The van der Waals surface area contributed by atoms with Gasteiger partial charge in [0.1, 0.15) is 18.0 Å². The molecule has 146 valence electrons. The highest BCUT2D eigenvalue weighted by atomic mass is 16.6. The number of aldehydes is 1. The number of rotatable bonds is 7. The van der Waals surface area contributed by atoms with Crippen LogP contribution < -0.4 is 5.32 Å². The average molecular weight is 366 g/mol. The van der Waals surface area contributed by atoms with Crippen molar-refractivity contribution < 1.29 is 23.9 Å². The van der Waals surface area contributed by atoms with Crippen molar-refractivity contribution in [2.45, 2.75) is 83.1 Å². The van der Waals surface area contributed by atoms with Crippen LogP contribution >= 0.6 is 0 Å². The SMILES string of the molecule is CC(C)(C)OC(=O)N1C[C@@H]2NC(=O)O[C@@H]2C[C@H]1CCCCC/C=C/C=O. The van der Waals surface area contributed by atoms with Gasteiger partial charge in [0, 0.05) is 19.0 Å². The Kier molecular flexibility index (Phi) is 7.06. The Labute approximate surface area is 155 Å². The van der Waals surface area contributed by atoms with Gasteiger partial charge in [-0.25, -0.2) is 9.59 Å². The molecule has 2 aliphatic heterocycles. The fraction of sp³-hybridized carbons (Fsp3) is 0.737. The largest absolute Gasteiger partial charge is 0.444 e. The summed E-state index contributed by atoms with van der Waals surface area (Å²) in [5.41, 5.74) is -0.557. The van der Waals surface area contributed by atoms with Crippen molar-refractivity contribution in [1.29, 1.82) is 0 Å². The van der Waals surface area contributed by atoms with E-state index in [2.05, 4.69) is 5.32 Å². The van der Waals surface area contributed by atoms with E-state index in [1.54, 1.807) is 4.90 Å². The fourth-order valence-corrected chi connectivity index (χ4v) is 3.42. The molecule has 0 saturated carbocycles. The van der Waals surface area contributed by atoms with E-state index in [1.807, 2.05) is 26.8 Å². The molecule has 0 aromatic heterocycles. The van der Waals surface area contributed by atoms with Gasteiger partial charge in [-0.05, 0) is 46.1 Å². The highest BCUT2D eigenvalue weighted by Gasteiger charge is 2.45. The number of carbonyl (C=O) groups excluding carboxylic acids is 3. The number of allylic oxidation sites excluding steroid dienone is 2. The van der Waals surface area contributed by atoms with Crippen LogP contribution in [0.25, 0.3) is 0 Å². The van der Waals surface area contributed by atoms with Gasteiger partial charge in [0.2, 0.25) is 0 Å². The fourth-order valence-electron chi connectivity index (χ4n) is 3.42. The third-order valence-corrected chi connectivity index (χ3v) is 4.60. The molecule has 26 heavy (non-hydrogen) atoms. The number of ether oxygens (including phenoxy) is 2. The molecule has 1 N–H and O–H groups in total. The minimum atomic E-state index is -0.557. The highest BCUT2D eigenvalue weighted by molar-refractivity contribution is 5.72. The maximum absolute atomic E-state index is 12.6. The van der Waals surface area contributed by atoms with Crippen LogP contribution in [0.5, 0.6) is 0 Å². The zero-order chi connectivity index (χ0) is 19.2. The predicted molar refractivity (Wildman–Crippen MR) is 96.8 cm³/mol. The van der Waals surface area contributed by atoms with Gasteiger partial charge >= 0.3 is 12.2 Å². The van der Waals surface area contributed by atoms with Gasteiger partial charge in [-0.1, -0.05) is 18.9 Å². The van der Waals surface area contributed by atoms with Crippen LogP contribution in [0.4, 0.5) is 9.59 Å². The van der Waals surface area contributed by atoms with Gasteiger partial charge in [0.15, 0.2) is 0 Å². The molecule has 7 heteroatoms. The maximum Gasteiger partial charge on any atom is 0.410 e. The monoisotopic (exact) mass is 366 g/mol. The van der Waals surface area contributed by atoms with E-state index < -0.39 is 11.7 Å². The average Bonchev–Trinajstić information content (AvgIpc) is 2.90. The summed E-state index contributed by atoms with van der Waals surface area (Å²) in [5.74, 6) is 0. The molecule has 2 fully saturated rings. The molecule has 7 nitrogen and oxygen atoms in total. The van der Waals surface area contributed by atoms with Crippen LogP contribution in [0, 0.1) is 0 Å². The molecule has 0 radical (unpaired) electrons. The van der Waals surface area contributed by atoms with Crippen LogP contribution in [0.3, 0.4) is 0 Å². The van der Waals surface area contributed by atoms with Crippen LogP contribution in [0.1, 0.15) is 59.3 Å². The molecule has 3 atom stereocenters. The Morgan fingerprint density at radius 2 is 2.12 bits per heavy atom. The molecule has 2 rings (SSSR count). The molecule has 0 aromatic carbocycles. The summed E-state index contributed by atoms with van der Waals surface area (Å²) < 4.78 is 10.9. The number of carbonyl (C=O) groups is 3. The summed E-state index contributed by atoms with van der Waals surface area (Å²) in [5, 5.41) is 2.77. The molecule has 0 aliphatic carbocycles. The lowest BCUT2D eigenvalue weighted by atomic mass is 9.92. The van der Waals surface area contributed by atoms with Crippen molar-refractivity contribution in [1.82, 2.24) is 10.2 Å². The normalized spacial score (nSPS) is 25.6. The molecule has 2 heterocycles. The molecule has 2 aliphatic rings. The summed E-state index contributed by atoms with van der Waals surface area (Å²) in [6.07, 6.45) is 8.61. The van der Waals surface area contributed by atoms with E-state index in [-0.39, 0.29) is 24.3 Å². The zero-order valence-electron chi connectivity index (χ0n) is 15.9. The number of unbranched alkanes of at least 4 members (excludes halogenated alkanes) is 3. The van der Waals surface area contributed by atoms with Crippen LogP contribution in [0.15, 0.2) is 12.2 Å². The van der Waals surface area contributed by atoms with Crippen molar-refractivity contribution in [2.75, 3.05) is 6.54 Å². The first-order valence-corrected chi connectivity index (χ1v) is 9.37. The van der Waals surface area contributed by atoms with E-state index in [0.717, 1.165) is 38.4 Å². The number of hydrogen-bond donors (Lipinski definition) is 1. The number of hydrogen-bond acceptors (Lipinski definition) is 5. The molecular weight excluding hydrogens is 336 g/mol. The Bertz CT molecular complexity index is 541. The third kappa shape index (κ3) is 6.04. The van der Waals surface area contributed by atoms with Crippen molar-refractivity contribution in [3.63, 3.8) is 0 Å². The van der Waals surface area contributed by atoms with E-state index >= 15 is 0 Å². The first-order chi connectivity index (χ1) is 12.3. The van der Waals surface area contributed by atoms with Gasteiger partial charge in [-0.15, -0.1) is 0 Å². The molecule has 0 aromatic rings. The molecule has 2 amide bonds. The van der Waals surface area contributed by atoms with Crippen LogP contribution in [-0.4, -0.2) is 53.7 Å². The topological polar surface area (TPSA) is 84.9 Å². The quantitative estimate of drug-likeness (QED) is 0.425. The first-order valence-electron chi connectivity index (χ1n) is 9.37. The summed E-state index contributed by atoms with van der Waals surface area (Å²) in [7, 11) is 0. The third-order valence-electron chi connectivity index (χ3n) is 4.60. The van der Waals surface area contributed by atoms with Crippen molar-refractivity contribution in [2.24, 2.45) is 0 Å². The molecule has 0 spiro atoms. The lowest BCUT2D eigenvalue weighted by Crippen LogP contribution is -2.56. The first kappa shape index (κ1) is 20.3. The Balaban J connectivity index is 1.90. The lowest BCUT2D eigenvalue weighted by molar-refractivity contribution is -0.104. The molecule has 2 saturated heterocycles. The summed E-state index contributed by atoms with van der Waals surface area (Å²) in [6.45, 7) is 5.96. The Morgan fingerprint density at radius 1 is 1.35 bits per heavy atom. The van der Waals surface area contributed by atoms with E-state index in [9.17, 15) is 14.4 Å². The van der Waals surface area contributed by atoms with Gasteiger partial charge in [0.05, 0.1) is 6.04 Å². The number of likely N-dealkylation sites (tertiary alicyclic amines) is 1. The van der Waals surface area contributed by atoms with E-state index in [1.165, 1.54) is 6.08 Å². The zero-order valence-corrected chi connectivity index (χ0v) is 15.9. The van der Waals surface area contributed by atoms with Crippen molar-refractivity contribution in [3.8, 4) is 0 Å². The number of fused-ring (bicyclic) bond motifs is 1. The number of alkyl carbamates (subject to hydrolysis) is 1. The van der Waals surface area contributed by atoms with Gasteiger partial charge in [-0.3, -0.25) is 4.79 Å². The van der Waals surface area contributed by atoms with E-state index in [4.69, 9.17) is 9.47 Å². The maximum atomic E-state index is 12.6. The number of amides is 2. The van der Waals surface area contributed by atoms with E-state index in [0.29, 0.717) is 13.0 Å². The van der Waals surface area contributed by atoms with Crippen molar-refractivity contribution in [3.05, 3.63) is 12.2 Å². The summed E-state index contributed by atoms with van der Waals surface area (Å²) in [4.78, 5) is 36.1. The molecular formula is C19H30N2O5. The molecule has 0 unspecified atom stereocenters. The number of nitrogens with one attached hydrogen (secondary N) is 1. The predicted octanol–water partition coefficient (Wildman–Crippen LogP) is 3.18. The molecule has 0 bridgehead atoms. The standard InChI is InChI=1S/C19H30N2O5/c1-19(2,3)26-18(24)21-13-15-16(25-17(23)20-15)12-14(21)10-8-6-4-5-7-9-11-22/h7,9,11,14-16H,4-6,8,10,12-13H2,1-3H3,(H,20,23)/b9-7+/t14-,15+,16-/m1/s1. The minimum absolute atomic E-state index is 0.00400. The number of piperidine rings is 1. The summed E-state index contributed by atoms with van der Waals surface area (Å²) in [6, 6.07) is -0.163. The van der Waals surface area contributed by atoms with Crippen LogP contribution in [0.2, 0.25) is 0 Å². The highest BCUT2D eigenvalue weighted by Crippen LogP contribution is 2.29. The summed E-state index contributed by atoms with van der Waals surface area (Å²) >= 11 is 0. The van der Waals surface area contributed by atoms with Crippen molar-refractivity contribution >= 4 is 18.5 Å². The second kappa shape index (κ2) is 9.05. The second-order valence-electron chi connectivity index (χ2n) is 7.92.